The van der Waals surface area contributed by atoms with Crippen LogP contribution in [0.25, 0.3) is 0 Å². The highest BCUT2D eigenvalue weighted by molar-refractivity contribution is 7.89. The molecule has 0 atom stereocenters. The van der Waals surface area contributed by atoms with Crippen molar-refractivity contribution in [3.63, 3.8) is 0 Å². The van der Waals surface area contributed by atoms with Crippen molar-refractivity contribution in [3.05, 3.63) is 11.4 Å². The summed E-state index contributed by atoms with van der Waals surface area (Å²) in [6.07, 6.45) is 0.436. The van der Waals surface area contributed by atoms with Gasteiger partial charge < -0.3 is 5.11 Å². The van der Waals surface area contributed by atoms with Crippen molar-refractivity contribution in [3.8, 4) is 0 Å². The van der Waals surface area contributed by atoms with Crippen LogP contribution in [0.1, 0.15) is 24.7 Å². The second kappa shape index (κ2) is 5.81. The van der Waals surface area contributed by atoms with E-state index in [1.165, 1.54) is 4.31 Å². The Bertz CT molecular complexity index is 508. The maximum absolute atomic E-state index is 12.5. The van der Waals surface area contributed by atoms with Gasteiger partial charge in [-0.3, -0.25) is 4.68 Å². The van der Waals surface area contributed by atoms with Gasteiger partial charge in [0.1, 0.15) is 4.90 Å². The highest BCUT2D eigenvalue weighted by Gasteiger charge is 2.29. The first-order valence-electron chi connectivity index (χ1n) is 5.97. The molecule has 1 rings (SSSR count). The molecule has 6 nitrogen and oxygen atoms in total. The zero-order valence-electron chi connectivity index (χ0n) is 11.3. The van der Waals surface area contributed by atoms with E-state index < -0.39 is 10.0 Å². The summed E-state index contributed by atoms with van der Waals surface area (Å²) in [5, 5.41) is 13.0. The van der Waals surface area contributed by atoms with Gasteiger partial charge in [0.05, 0.1) is 11.4 Å². The molecule has 0 amide bonds. The van der Waals surface area contributed by atoms with Gasteiger partial charge in [-0.05, 0) is 20.3 Å². The molecule has 0 bridgehead atoms. The Hall–Kier alpha value is -0.920. The summed E-state index contributed by atoms with van der Waals surface area (Å²) >= 11 is 0. The summed E-state index contributed by atoms with van der Waals surface area (Å²) in [6, 6.07) is 0. The van der Waals surface area contributed by atoms with Crippen LogP contribution >= 0.6 is 0 Å². The van der Waals surface area contributed by atoms with Crippen LogP contribution in [0.2, 0.25) is 0 Å². The lowest BCUT2D eigenvalue weighted by Crippen LogP contribution is -2.33. The standard InChI is InChI=1S/C11H21N3O3S/c1-5-14(7-6-8-15)18(16,17)11-9(2)12-13(4)10(11)3/h15H,5-8H2,1-4H3. The Morgan fingerprint density at radius 1 is 1.39 bits per heavy atom. The molecule has 0 unspecified atom stereocenters. The van der Waals surface area contributed by atoms with E-state index in [0.717, 1.165) is 0 Å². The molecule has 7 heteroatoms. The molecule has 1 heterocycles. The largest absolute Gasteiger partial charge is 0.396 e. The van der Waals surface area contributed by atoms with Gasteiger partial charge in [-0.25, -0.2) is 8.42 Å². The van der Waals surface area contributed by atoms with Crippen molar-refractivity contribution < 1.29 is 13.5 Å². The van der Waals surface area contributed by atoms with Crippen LogP contribution in [0.15, 0.2) is 4.90 Å². The fourth-order valence-corrected chi connectivity index (χ4v) is 3.84. The topological polar surface area (TPSA) is 75.4 Å². The van der Waals surface area contributed by atoms with Crippen molar-refractivity contribution in [2.24, 2.45) is 7.05 Å². The third-order valence-corrected chi connectivity index (χ3v) is 5.19. The van der Waals surface area contributed by atoms with Gasteiger partial charge in [0.2, 0.25) is 10.0 Å². The Morgan fingerprint density at radius 2 is 2.00 bits per heavy atom. The average molecular weight is 275 g/mol. The molecule has 1 aromatic heterocycles. The van der Waals surface area contributed by atoms with Crippen LogP contribution < -0.4 is 0 Å². The molecule has 0 saturated heterocycles. The first-order valence-corrected chi connectivity index (χ1v) is 7.41. The Balaban J connectivity index is 3.19. The van der Waals surface area contributed by atoms with Gasteiger partial charge in [0.15, 0.2) is 0 Å². The number of hydrogen-bond donors (Lipinski definition) is 1. The van der Waals surface area contributed by atoms with Gasteiger partial charge >= 0.3 is 0 Å². The van der Waals surface area contributed by atoms with Gasteiger partial charge in [0, 0.05) is 26.7 Å². The molecule has 0 aliphatic carbocycles. The van der Waals surface area contributed by atoms with Crippen LogP contribution in [-0.4, -0.2) is 47.3 Å². The molecule has 0 aliphatic heterocycles. The summed E-state index contributed by atoms with van der Waals surface area (Å²) in [7, 11) is -1.80. The molecule has 1 aromatic rings. The second-order valence-electron chi connectivity index (χ2n) is 4.20. The molecular formula is C11H21N3O3S. The van der Waals surface area contributed by atoms with Crippen molar-refractivity contribution in [2.75, 3.05) is 19.7 Å². The zero-order chi connectivity index (χ0) is 13.9. The van der Waals surface area contributed by atoms with Crippen LogP contribution in [-0.2, 0) is 17.1 Å². The van der Waals surface area contributed by atoms with E-state index in [-0.39, 0.29) is 11.5 Å². The number of aliphatic hydroxyl groups excluding tert-OH is 1. The third kappa shape index (κ3) is 2.73. The lowest BCUT2D eigenvalue weighted by atomic mass is 10.4. The number of nitrogens with zero attached hydrogens (tertiary/aromatic N) is 3. The summed E-state index contributed by atoms with van der Waals surface area (Å²) < 4.78 is 28.0. The number of aromatic nitrogens is 2. The van der Waals surface area contributed by atoms with Gasteiger partial charge in [-0.1, -0.05) is 6.92 Å². The number of aliphatic hydroxyl groups is 1. The highest BCUT2D eigenvalue weighted by atomic mass is 32.2. The van der Waals surface area contributed by atoms with E-state index >= 15 is 0 Å². The number of rotatable bonds is 6. The molecule has 0 saturated carbocycles. The molecule has 104 valence electrons. The van der Waals surface area contributed by atoms with E-state index in [1.807, 2.05) is 0 Å². The highest BCUT2D eigenvalue weighted by Crippen LogP contribution is 2.22. The molecule has 0 fully saturated rings. The van der Waals surface area contributed by atoms with E-state index in [1.54, 1.807) is 32.5 Å². The van der Waals surface area contributed by atoms with Gasteiger partial charge in [-0.2, -0.15) is 9.40 Å². The van der Waals surface area contributed by atoms with Crippen LogP contribution in [0.3, 0.4) is 0 Å². The normalized spacial score (nSPS) is 12.3. The fraction of sp³-hybridized carbons (Fsp3) is 0.727. The lowest BCUT2D eigenvalue weighted by Gasteiger charge is -2.20. The predicted molar refractivity (Wildman–Crippen MR) is 68.8 cm³/mol. The van der Waals surface area contributed by atoms with E-state index in [0.29, 0.717) is 30.9 Å². The monoisotopic (exact) mass is 275 g/mol. The number of hydrogen-bond acceptors (Lipinski definition) is 4. The first-order chi connectivity index (χ1) is 8.36. The Labute approximate surface area is 108 Å². The first kappa shape index (κ1) is 15.1. The van der Waals surface area contributed by atoms with E-state index in [2.05, 4.69) is 5.10 Å². The maximum atomic E-state index is 12.5. The van der Waals surface area contributed by atoms with Crippen molar-refractivity contribution in [2.45, 2.75) is 32.1 Å². The second-order valence-corrected chi connectivity index (χ2v) is 6.07. The summed E-state index contributed by atoms with van der Waals surface area (Å²) in [6.45, 7) is 5.92. The molecule has 18 heavy (non-hydrogen) atoms. The van der Waals surface area contributed by atoms with Crippen molar-refractivity contribution >= 4 is 10.0 Å². The van der Waals surface area contributed by atoms with E-state index in [9.17, 15) is 8.42 Å². The quantitative estimate of drug-likeness (QED) is 0.817. The molecule has 0 aliphatic rings. The summed E-state index contributed by atoms with van der Waals surface area (Å²) in [5.41, 5.74) is 1.15. The fourth-order valence-electron chi connectivity index (χ4n) is 1.95. The zero-order valence-corrected chi connectivity index (χ0v) is 12.2. The molecule has 0 aromatic carbocycles. The summed E-state index contributed by atoms with van der Waals surface area (Å²) in [4.78, 5) is 0.282. The molecule has 0 spiro atoms. The lowest BCUT2D eigenvalue weighted by molar-refractivity contribution is 0.271. The van der Waals surface area contributed by atoms with Crippen LogP contribution in [0, 0.1) is 13.8 Å². The SMILES string of the molecule is CCN(CCCO)S(=O)(=O)c1c(C)nn(C)c1C. The number of aryl methyl sites for hydroxylation is 2. The number of sulfonamides is 1. The summed E-state index contributed by atoms with van der Waals surface area (Å²) in [5.74, 6) is 0. The molecule has 0 radical (unpaired) electrons. The van der Waals surface area contributed by atoms with Gasteiger partial charge in [-0.15, -0.1) is 0 Å². The predicted octanol–water partition coefficient (Wildman–Crippen LogP) is 0.430. The van der Waals surface area contributed by atoms with Crippen molar-refractivity contribution in [1.82, 2.24) is 14.1 Å². The third-order valence-electron chi connectivity index (χ3n) is 2.96. The minimum Gasteiger partial charge on any atom is -0.396 e. The smallest absolute Gasteiger partial charge is 0.246 e. The van der Waals surface area contributed by atoms with Crippen molar-refractivity contribution in [1.29, 1.82) is 0 Å². The minimum absolute atomic E-state index is 0.0168. The van der Waals surface area contributed by atoms with E-state index in [4.69, 9.17) is 5.11 Å². The average Bonchev–Trinajstić information content (AvgIpc) is 2.54. The van der Waals surface area contributed by atoms with Crippen LogP contribution in [0.5, 0.6) is 0 Å². The van der Waals surface area contributed by atoms with Gasteiger partial charge in [0.25, 0.3) is 0 Å². The molecular weight excluding hydrogens is 254 g/mol. The minimum atomic E-state index is -3.52. The maximum Gasteiger partial charge on any atom is 0.246 e. The molecule has 1 N–H and O–H groups in total. The Kier molecular flexibility index (Phi) is 4.89. The van der Waals surface area contributed by atoms with Crippen LogP contribution in [0.4, 0.5) is 0 Å². The Morgan fingerprint density at radius 3 is 2.39 bits per heavy atom.